The Hall–Kier alpha value is -1.89. The largest absolute Gasteiger partial charge is 0.478 e. The van der Waals surface area contributed by atoms with Crippen LogP contribution in [-0.2, 0) is 14.6 Å². The van der Waals surface area contributed by atoms with Crippen LogP contribution in [0.4, 0.5) is 0 Å². The monoisotopic (exact) mass is 297 g/mol. The van der Waals surface area contributed by atoms with E-state index in [4.69, 9.17) is 5.11 Å². The molecule has 1 fully saturated rings. The SMILES string of the molecule is O=C(O)c1ccccc1S(=O)(=O)CC(=O)N1CCCC1. The standard InChI is InChI=1S/C13H15NO5S/c15-12(14-7-3-4-8-14)9-20(18,19)11-6-2-1-5-10(11)13(16)17/h1-2,5-6H,3-4,7-9H2,(H,16,17). The first-order valence-electron chi connectivity index (χ1n) is 6.24. The van der Waals surface area contributed by atoms with Gasteiger partial charge in [-0.05, 0) is 25.0 Å². The van der Waals surface area contributed by atoms with Gasteiger partial charge in [-0.2, -0.15) is 0 Å². The molecule has 7 heteroatoms. The Morgan fingerprint density at radius 2 is 1.75 bits per heavy atom. The Bertz CT molecular complexity index is 632. The molecule has 1 saturated heterocycles. The number of nitrogens with zero attached hydrogens (tertiary/aromatic N) is 1. The van der Waals surface area contributed by atoms with E-state index in [1.54, 1.807) is 0 Å². The van der Waals surface area contributed by atoms with Crippen LogP contribution in [0.1, 0.15) is 23.2 Å². The van der Waals surface area contributed by atoms with Crippen molar-refractivity contribution in [3.63, 3.8) is 0 Å². The molecular formula is C13H15NO5S. The van der Waals surface area contributed by atoms with Crippen molar-refractivity contribution in [2.24, 2.45) is 0 Å². The van der Waals surface area contributed by atoms with E-state index in [0.717, 1.165) is 12.8 Å². The van der Waals surface area contributed by atoms with E-state index in [-0.39, 0.29) is 10.5 Å². The molecule has 1 amide bonds. The topological polar surface area (TPSA) is 91.7 Å². The zero-order valence-corrected chi connectivity index (χ0v) is 11.6. The minimum absolute atomic E-state index is 0.304. The number of amides is 1. The summed E-state index contributed by atoms with van der Waals surface area (Å²) in [5, 5.41) is 9.01. The summed E-state index contributed by atoms with van der Waals surface area (Å²) in [5.74, 6) is -2.47. The van der Waals surface area contributed by atoms with Crippen LogP contribution in [0.2, 0.25) is 0 Å². The molecule has 1 aliphatic heterocycles. The molecule has 0 radical (unpaired) electrons. The van der Waals surface area contributed by atoms with Crippen molar-refractivity contribution in [1.82, 2.24) is 4.90 Å². The van der Waals surface area contributed by atoms with Crippen LogP contribution in [0.25, 0.3) is 0 Å². The molecular weight excluding hydrogens is 282 g/mol. The van der Waals surface area contributed by atoms with E-state index >= 15 is 0 Å². The second kappa shape index (κ2) is 5.62. The van der Waals surface area contributed by atoms with Crippen LogP contribution in [0.5, 0.6) is 0 Å². The summed E-state index contributed by atoms with van der Waals surface area (Å²) < 4.78 is 24.4. The van der Waals surface area contributed by atoms with Crippen molar-refractivity contribution in [3.8, 4) is 0 Å². The van der Waals surface area contributed by atoms with Crippen LogP contribution in [0.3, 0.4) is 0 Å². The van der Waals surface area contributed by atoms with Gasteiger partial charge in [-0.15, -0.1) is 0 Å². The summed E-state index contributed by atoms with van der Waals surface area (Å²) in [6, 6.07) is 5.33. The maximum atomic E-state index is 12.2. The zero-order chi connectivity index (χ0) is 14.8. The quantitative estimate of drug-likeness (QED) is 0.886. The highest BCUT2D eigenvalue weighted by molar-refractivity contribution is 7.92. The highest BCUT2D eigenvalue weighted by Gasteiger charge is 2.28. The first kappa shape index (κ1) is 14.5. The fourth-order valence-corrected chi connectivity index (χ4v) is 3.65. The number of hydrogen-bond donors (Lipinski definition) is 1. The maximum Gasteiger partial charge on any atom is 0.337 e. The number of carboxylic acid groups (broad SMARTS) is 1. The Morgan fingerprint density at radius 1 is 1.15 bits per heavy atom. The van der Waals surface area contributed by atoms with Crippen molar-refractivity contribution in [1.29, 1.82) is 0 Å². The Kier molecular flexibility index (Phi) is 4.08. The van der Waals surface area contributed by atoms with Crippen molar-refractivity contribution in [3.05, 3.63) is 29.8 Å². The average molecular weight is 297 g/mol. The van der Waals surface area contributed by atoms with Gasteiger partial charge in [0.15, 0.2) is 9.84 Å². The molecule has 0 aliphatic carbocycles. The van der Waals surface area contributed by atoms with E-state index < -0.39 is 27.5 Å². The average Bonchev–Trinajstić information content (AvgIpc) is 2.92. The molecule has 0 atom stereocenters. The summed E-state index contributed by atoms with van der Waals surface area (Å²) in [5.41, 5.74) is -0.304. The molecule has 0 saturated carbocycles. The molecule has 6 nitrogen and oxygen atoms in total. The van der Waals surface area contributed by atoms with Crippen LogP contribution in [-0.4, -0.2) is 49.1 Å². The van der Waals surface area contributed by atoms with Gasteiger partial charge in [-0.25, -0.2) is 13.2 Å². The summed E-state index contributed by atoms with van der Waals surface area (Å²) in [7, 11) is -3.94. The zero-order valence-electron chi connectivity index (χ0n) is 10.8. The first-order valence-corrected chi connectivity index (χ1v) is 7.90. The molecule has 1 aromatic rings. The molecule has 1 aliphatic rings. The second-order valence-corrected chi connectivity index (χ2v) is 6.61. The minimum Gasteiger partial charge on any atom is -0.478 e. The van der Waals surface area contributed by atoms with Crippen molar-refractivity contribution >= 4 is 21.7 Å². The third kappa shape index (κ3) is 2.98. The molecule has 0 aromatic heterocycles. The lowest BCUT2D eigenvalue weighted by atomic mass is 10.2. The number of sulfone groups is 1. The maximum absolute atomic E-state index is 12.2. The van der Waals surface area contributed by atoms with E-state index in [2.05, 4.69) is 0 Å². The van der Waals surface area contributed by atoms with Crippen molar-refractivity contribution < 1.29 is 23.1 Å². The van der Waals surface area contributed by atoms with Crippen LogP contribution < -0.4 is 0 Å². The lowest BCUT2D eigenvalue weighted by Gasteiger charge is -2.15. The summed E-state index contributed by atoms with van der Waals surface area (Å²) in [6.07, 6.45) is 1.75. The van der Waals surface area contributed by atoms with E-state index in [9.17, 15) is 18.0 Å². The van der Waals surface area contributed by atoms with Gasteiger partial charge in [0, 0.05) is 13.1 Å². The van der Waals surface area contributed by atoms with Gasteiger partial charge in [0.25, 0.3) is 0 Å². The van der Waals surface area contributed by atoms with E-state index in [0.29, 0.717) is 13.1 Å². The number of likely N-dealkylation sites (tertiary alicyclic amines) is 1. The molecule has 20 heavy (non-hydrogen) atoms. The first-order chi connectivity index (χ1) is 9.42. The number of aromatic carboxylic acids is 1. The van der Waals surface area contributed by atoms with Gasteiger partial charge in [0.1, 0.15) is 5.75 Å². The molecule has 2 rings (SSSR count). The van der Waals surface area contributed by atoms with Crippen molar-refractivity contribution in [2.75, 3.05) is 18.8 Å². The van der Waals surface area contributed by atoms with Gasteiger partial charge < -0.3 is 10.0 Å². The molecule has 0 bridgehead atoms. The van der Waals surface area contributed by atoms with Crippen LogP contribution >= 0.6 is 0 Å². The Balaban J connectivity index is 2.26. The lowest BCUT2D eigenvalue weighted by Crippen LogP contribution is -2.33. The van der Waals surface area contributed by atoms with Gasteiger partial charge in [-0.3, -0.25) is 4.79 Å². The smallest absolute Gasteiger partial charge is 0.337 e. The van der Waals surface area contributed by atoms with Gasteiger partial charge in [0.05, 0.1) is 10.5 Å². The summed E-state index contributed by atoms with van der Waals surface area (Å²) >= 11 is 0. The Morgan fingerprint density at radius 3 is 2.35 bits per heavy atom. The second-order valence-electron chi connectivity index (χ2n) is 4.65. The fourth-order valence-electron chi connectivity index (χ4n) is 2.21. The van der Waals surface area contributed by atoms with Gasteiger partial charge in [0.2, 0.25) is 5.91 Å². The molecule has 0 spiro atoms. The van der Waals surface area contributed by atoms with E-state index in [1.807, 2.05) is 0 Å². The third-order valence-corrected chi connectivity index (χ3v) is 4.88. The predicted molar refractivity (Wildman–Crippen MR) is 71.3 cm³/mol. The summed E-state index contributed by atoms with van der Waals surface area (Å²) in [4.78, 5) is 24.2. The number of hydrogen-bond acceptors (Lipinski definition) is 4. The molecule has 1 N–H and O–H groups in total. The number of rotatable bonds is 4. The normalized spacial score (nSPS) is 15.3. The molecule has 1 heterocycles. The third-order valence-electron chi connectivity index (χ3n) is 3.22. The van der Waals surface area contributed by atoms with E-state index in [1.165, 1.54) is 29.2 Å². The number of carboxylic acids is 1. The van der Waals surface area contributed by atoms with Gasteiger partial charge >= 0.3 is 5.97 Å². The Labute approximate surface area is 116 Å². The highest BCUT2D eigenvalue weighted by atomic mass is 32.2. The predicted octanol–water partition coefficient (Wildman–Crippen LogP) is 0.781. The van der Waals surface area contributed by atoms with Crippen molar-refractivity contribution in [2.45, 2.75) is 17.7 Å². The molecule has 1 aromatic carbocycles. The fraction of sp³-hybridized carbons (Fsp3) is 0.385. The molecule has 108 valence electrons. The number of carbonyl (C=O) groups is 2. The minimum atomic E-state index is -3.94. The lowest BCUT2D eigenvalue weighted by molar-refractivity contribution is -0.127. The molecule has 0 unspecified atom stereocenters. The number of benzene rings is 1. The van der Waals surface area contributed by atoms with Crippen LogP contribution in [0.15, 0.2) is 29.2 Å². The number of carbonyl (C=O) groups excluding carboxylic acids is 1. The highest BCUT2D eigenvalue weighted by Crippen LogP contribution is 2.18. The summed E-state index contributed by atoms with van der Waals surface area (Å²) in [6.45, 7) is 1.13. The van der Waals surface area contributed by atoms with Crippen LogP contribution in [0, 0.1) is 0 Å². The van der Waals surface area contributed by atoms with Gasteiger partial charge in [-0.1, -0.05) is 12.1 Å².